The van der Waals surface area contributed by atoms with Crippen molar-refractivity contribution in [3.63, 3.8) is 0 Å². The largest absolute Gasteiger partial charge is 0.379 e. The normalized spacial score (nSPS) is 17.6. The van der Waals surface area contributed by atoms with Gasteiger partial charge in [-0.2, -0.15) is 5.10 Å². The summed E-state index contributed by atoms with van der Waals surface area (Å²) in [5, 5.41) is 7.35. The van der Waals surface area contributed by atoms with Gasteiger partial charge in [-0.25, -0.2) is 10.4 Å². The molecule has 1 aromatic heterocycles. The van der Waals surface area contributed by atoms with Gasteiger partial charge in [0.15, 0.2) is 0 Å². The van der Waals surface area contributed by atoms with E-state index in [2.05, 4.69) is 22.5 Å². The maximum atomic E-state index is 6.28. The first-order chi connectivity index (χ1) is 8.22. The standard InChI is InChI=1S/C11H19ClN4O/c1-3-9-11(12)10(15(2)14-9)8-13-16-4-6-17-7-5-16/h13H,3-8H2,1-2H3. The van der Waals surface area contributed by atoms with E-state index in [0.29, 0.717) is 6.54 Å². The summed E-state index contributed by atoms with van der Waals surface area (Å²) in [5.74, 6) is 0. The fourth-order valence-corrected chi connectivity index (χ4v) is 2.28. The van der Waals surface area contributed by atoms with E-state index < -0.39 is 0 Å². The predicted octanol–water partition coefficient (Wildman–Crippen LogP) is 0.973. The number of hydrazine groups is 1. The van der Waals surface area contributed by atoms with Crippen molar-refractivity contribution < 1.29 is 4.74 Å². The monoisotopic (exact) mass is 258 g/mol. The van der Waals surface area contributed by atoms with Gasteiger partial charge in [-0.15, -0.1) is 0 Å². The summed E-state index contributed by atoms with van der Waals surface area (Å²) in [4.78, 5) is 0. The molecule has 1 aromatic rings. The van der Waals surface area contributed by atoms with Crippen molar-refractivity contribution in [3.8, 4) is 0 Å². The van der Waals surface area contributed by atoms with Crippen LogP contribution in [0.2, 0.25) is 5.02 Å². The summed E-state index contributed by atoms with van der Waals surface area (Å²) in [5.41, 5.74) is 5.37. The summed E-state index contributed by atoms with van der Waals surface area (Å²) in [6.07, 6.45) is 0.865. The molecule has 2 rings (SSSR count). The molecule has 6 heteroatoms. The van der Waals surface area contributed by atoms with E-state index in [1.807, 2.05) is 11.7 Å². The highest BCUT2D eigenvalue weighted by Gasteiger charge is 2.15. The first kappa shape index (κ1) is 12.8. The maximum Gasteiger partial charge on any atom is 0.0863 e. The number of aromatic nitrogens is 2. The minimum absolute atomic E-state index is 0.711. The van der Waals surface area contributed by atoms with Crippen LogP contribution in [0.15, 0.2) is 0 Å². The van der Waals surface area contributed by atoms with Gasteiger partial charge in [0, 0.05) is 20.1 Å². The van der Waals surface area contributed by atoms with Crippen LogP contribution in [0, 0.1) is 0 Å². The van der Waals surface area contributed by atoms with Gasteiger partial charge in [-0.05, 0) is 6.42 Å². The Morgan fingerprint density at radius 1 is 1.41 bits per heavy atom. The smallest absolute Gasteiger partial charge is 0.0863 e. The van der Waals surface area contributed by atoms with Crippen LogP contribution in [0.25, 0.3) is 0 Å². The van der Waals surface area contributed by atoms with Gasteiger partial charge in [-0.1, -0.05) is 18.5 Å². The van der Waals surface area contributed by atoms with Crippen molar-refractivity contribution in [2.45, 2.75) is 19.9 Å². The number of ether oxygens (including phenoxy) is 1. The highest BCUT2D eigenvalue weighted by molar-refractivity contribution is 6.31. The summed E-state index contributed by atoms with van der Waals surface area (Å²) in [6, 6.07) is 0. The van der Waals surface area contributed by atoms with Gasteiger partial charge >= 0.3 is 0 Å². The first-order valence-electron chi connectivity index (χ1n) is 5.98. The number of nitrogens with one attached hydrogen (secondary N) is 1. The van der Waals surface area contributed by atoms with Crippen molar-refractivity contribution in [2.24, 2.45) is 7.05 Å². The molecule has 96 valence electrons. The number of hydrogen-bond donors (Lipinski definition) is 1. The Morgan fingerprint density at radius 3 is 2.71 bits per heavy atom. The van der Waals surface area contributed by atoms with E-state index in [1.54, 1.807) is 0 Å². The number of nitrogens with zero attached hydrogens (tertiary/aromatic N) is 3. The molecule has 0 bridgehead atoms. The third-order valence-corrected chi connectivity index (χ3v) is 3.42. The quantitative estimate of drug-likeness (QED) is 0.874. The predicted molar refractivity (Wildman–Crippen MR) is 66.8 cm³/mol. The molecule has 0 saturated carbocycles. The number of morpholine rings is 1. The second kappa shape index (κ2) is 5.82. The van der Waals surface area contributed by atoms with E-state index in [0.717, 1.165) is 49.1 Å². The number of halogens is 1. The molecule has 0 radical (unpaired) electrons. The Hall–Kier alpha value is -0.620. The van der Waals surface area contributed by atoms with Crippen LogP contribution in [-0.2, 0) is 24.8 Å². The molecule has 5 nitrogen and oxygen atoms in total. The molecule has 1 aliphatic heterocycles. The third-order valence-electron chi connectivity index (χ3n) is 2.98. The third kappa shape index (κ3) is 2.98. The second-order valence-corrected chi connectivity index (χ2v) is 4.50. The van der Waals surface area contributed by atoms with Gasteiger partial charge in [0.1, 0.15) is 0 Å². The molecule has 0 atom stereocenters. The lowest BCUT2D eigenvalue weighted by Gasteiger charge is -2.27. The molecule has 0 aliphatic carbocycles. The molecular formula is C11H19ClN4O. The summed E-state index contributed by atoms with van der Waals surface area (Å²) < 4.78 is 7.15. The molecule has 1 saturated heterocycles. The molecule has 1 N–H and O–H groups in total. The number of hydrogen-bond acceptors (Lipinski definition) is 4. The Bertz CT molecular complexity index is 374. The van der Waals surface area contributed by atoms with E-state index in [4.69, 9.17) is 16.3 Å². The summed E-state index contributed by atoms with van der Waals surface area (Å²) in [7, 11) is 1.93. The van der Waals surface area contributed by atoms with Crippen LogP contribution in [0.3, 0.4) is 0 Å². The fourth-order valence-electron chi connectivity index (χ4n) is 1.92. The summed E-state index contributed by atoms with van der Waals surface area (Å²) >= 11 is 6.28. The van der Waals surface area contributed by atoms with Gasteiger partial charge in [-0.3, -0.25) is 4.68 Å². The van der Waals surface area contributed by atoms with E-state index in [-0.39, 0.29) is 0 Å². The van der Waals surface area contributed by atoms with Crippen molar-refractivity contribution >= 4 is 11.6 Å². The van der Waals surface area contributed by atoms with Crippen LogP contribution in [-0.4, -0.2) is 41.1 Å². The van der Waals surface area contributed by atoms with E-state index in [9.17, 15) is 0 Å². The molecule has 0 unspecified atom stereocenters. The zero-order valence-electron chi connectivity index (χ0n) is 10.4. The Labute approximate surface area is 107 Å². The lowest BCUT2D eigenvalue weighted by Crippen LogP contribution is -2.45. The second-order valence-electron chi connectivity index (χ2n) is 4.12. The van der Waals surface area contributed by atoms with E-state index in [1.165, 1.54) is 0 Å². The van der Waals surface area contributed by atoms with Crippen LogP contribution < -0.4 is 5.43 Å². The van der Waals surface area contributed by atoms with Crippen LogP contribution >= 0.6 is 11.6 Å². The molecule has 0 amide bonds. The minimum atomic E-state index is 0.711. The van der Waals surface area contributed by atoms with Gasteiger partial charge in [0.25, 0.3) is 0 Å². The summed E-state index contributed by atoms with van der Waals surface area (Å²) in [6.45, 7) is 6.17. The minimum Gasteiger partial charge on any atom is -0.379 e. The Morgan fingerprint density at radius 2 is 2.12 bits per heavy atom. The highest BCUT2D eigenvalue weighted by Crippen LogP contribution is 2.20. The van der Waals surface area contributed by atoms with Gasteiger partial charge in [0.2, 0.25) is 0 Å². The zero-order valence-corrected chi connectivity index (χ0v) is 11.1. The van der Waals surface area contributed by atoms with Crippen molar-refractivity contribution in [2.75, 3.05) is 26.3 Å². The Kier molecular flexibility index (Phi) is 4.39. The van der Waals surface area contributed by atoms with Crippen molar-refractivity contribution in [1.82, 2.24) is 20.2 Å². The maximum absolute atomic E-state index is 6.28. The molecule has 2 heterocycles. The average Bonchev–Trinajstić information content (AvgIpc) is 2.63. The highest BCUT2D eigenvalue weighted by atomic mass is 35.5. The molecular weight excluding hydrogens is 240 g/mol. The molecule has 17 heavy (non-hydrogen) atoms. The van der Waals surface area contributed by atoms with Crippen LogP contribution in [0.5, 0.6) is 0 Å². The number of rotatable bonds is 4. The van der Waals surface area contributed by atoms with Crippen molar-refractivity contribution in [1.29, 1.82) is 0 Å². The first-order valence-corrected chi connectivity index (χ1v) is 6.36. The zero-order chi connectivity index (χ0) is 12.3. The Balaban J connectivity index is 1.95. The molecule has 0 aromatic carbocycles. The van der Waals surface area contributed by atoms with Crippen molar-refractivity contribution in [3.05, 3.63) is 16.4 Å². The SMILES string of the molecule is CCc1nn(C)c(CNN2CCOCC2)c1Cl. The molecule has 0 spiro atoms. The number of aryl methyl sites for hydroxylation is 2. The fraction of sp³-hybridized carbons (Fsp3) is 0.727. The molecule has 1 aliphatic rings. The van der Waals surface area contributed by atoms with Gasteiger partial charge in [0.05, 0.1) is 36.2 Å². The average molecular weight is 259 g/mol. The topological polar surface area (TPSA) is 42.3 Å². The molecule has 1 fully saturated rings. The van der Waals surface area contributed by atoms with Crippen LogP contribution in [0.4, 0.5) is 0 Å². The van der Waals surface area contributed by atoms with Gasteiger partial charge < -0.3 is 4.74 Å². The van der Waals surface area contributed by atoms with Crippen LogP contribution in [0.1, 0.15) is 18.3 Å². The lowest BCUT2D eigenvalue weighted by atomic mass is 10.3. The van der Waals surface area contributed by atoms with E-state index >= 15 is 0 Å². The lowest BCUT2D eigenvalue weighted by molar-refractivity contribution is 0.0102.